The van der Waals surface area contributed by atoms with Gasteiger partial charge in [0.2, 0.25) is 5.91 Å². The summed E-state index contributed by atoms with van der Waals surface area (Å²) >= 11 is 0. The van der Waals surface area contributed by atoms with E-state index in [1.165, 1.54) is 6.42 Å². The second-order valence-electron chi connectivity index (χ2n) is 6.29. The molecule has 0 aromatic carbocycles. The van der Waals surface area contributed by atoms with Crippen molar-refractivity contribution in [3.05, 3.63) is 0 Å². The summed E-state index contributed by atoms with van der Waals surface area (Å²) < 4.78 is 0. The van der Waals surface area contributed by atoms with Gasteiger partial charge in [0.25, 0.3) is 0 Å². The molecule has 0 aliphatic carbocycles. The third-order valence-corrected chi connectivity index (χ3v) is 4.00. The van der Waals surface area contributed by atoms with Crippen molar-refractivity contribution in [2.24, 2.45) is 0 Å². The van der Waals surface area contributed by atoms with Crippen molar-refractivity contribution in [2.45, 2.75) is 65.0 Å². The number of nitrogens with one attached hydrogen (secondary N) is 2. The first kappa shape index (κ1) is 16.4. The summed E-state index contributed by atoms with van der Waals surface area (Å²) in [5.74, 6) is 0.159. The Morgan fingerprint density at radius 2 is 1.89 bits per heavy atom. The molecule has 1 aliphatic rings. The predicted octanol–water partition coefficient (Wildman–Crippen LogP) is 1.76. The molecule has 0 atom stereocenters. The number of carbonyl (C=O) groups is 1. The van der Waals surface area contributed by atoms with Gasteiger partial charge in [-0.2, -0.15) is 0 Å². The molecular weight excluding hydrogens is 238 g/mol. The minimum Gasteiger partial charge on any atom is -0.350 e. The lowest BCUT2D eigenvalue weighted by molar-refractivity contribution is -0.124. The van der Waals surface area contributed by atoms with Crippen molar-refractivity contribution in [1.82, 2.24) is 15.5 Å². The molecule has 1 rings (SSSR count). The zero-order chi connectivity index (χ0) is 14.3. The number of amides is 1. The van der Waals surface area contributed by atoms with Gasteiger partial charge in [-0.05, 0) is 46.1 Å². The molecule has 1 heterocycles. The molecule has 4 nitrogen and oxygen atoms in total. The summed E-state index contributed by atoms with van der Waals surface area (Å²) in [6, 6.07) is 0.645. The lowest BCUT2D eigenvalue weighted by Gasteiger charge is -2.33. The van der Waals surface area contributed by atoms with Crippen molar-refractivity contribution in [2.75, 3.05) is 26.2 Å². The van der Waals surface area contributed by atoms with Crippen LogP contribution in [-0.4, -0.2) is 48.6 Å². The molecule has 1 aliphatic heterocycles. The van der Waals surface area contributed by atoms with Gasteiger partial charge in [-0.15, -0.1) is 0 Å². The molecule has 0 unspecified atom stereocenters. The molecule has 4 heteroatoms. The molecule has 1 fully saturated rings. The van der Waals surface area contributed by atoms with Crippen LogP contribution in [0.3, 0.4) is 0 Å². The highest BCUT2D eigenvalue weighted by Crippen LogP contribution is 2.11. The molecular formula is C15H31N3O. The zero-order valence-corrected chi connectivity index (χ0v) is 13.1. The second-order valence-corrected chi connectivity index (χ2v) is 6.29. The Balaban J connectivity index is 2.23. The maximum absolute atomic E-state index is 12.0. The largest absolute Gasteiger partial charge is 0.350 e. The van der Waals surface area contributed by atoms with Gasteiger partial charge in [-0.1, -0.05) is 13.8 Å². The van der Waals surface area contributed by atoms with Gasteiger partial charge in [0.05, 0.1) is 6.54 Å². The average molecular weight is 269 g/mol. The van der Waals surface area contributed by atoms with Crippen LogP contribution in [0.2, 0.25) is 0 Å². The van der Waals surface area contributed by atoms with Gasteiger partial charge < -0.3 is 10.6 Å². The van der Waals surface area contributed by atoms with E-state index in [1.54, 1.807) is 0 Å². The van der Waals surface area contributed by atoms with E-state index < -0.39 is 0 Å². The molecule has 0 radical (unpaired) electrons. The Labute approximate surface area is 118 Å². The standard InChI is InChI=1S/C15H31N3O/c1-5-9-16-13-7-10-18(11-8-13)12-14(19)17-15(3,4)6-2/h13,16H,5-12H2,1-4H3,(H,17,19). The molecule has 112 valence electrons. The molecule has 0 saturated carbocycles. The molecule has 0 spiro atoms. The first-order chi connectivity index (χ1) is 8.96. The molecule has 1 amide bonds. The van der Waals surface area contributed by atoms with Crippen LogP contribution in [0.15, 0.2) is 0 Å². The Hall–Kier alpha value is -0.610. The van der Waals surface area contributed by atoms with Gasteiger partial charge in [-0.25, -0.2) is 0 Å². The van der Waals surface area contributed by atoms with Gasteiger partial charge in [0.1, 0.15) is 0 Å². The summed E-state index contributed by atoms with van der Waals surface area (Å²) in [6.45, 7) is 12.2. The molecule has 0 bridgehead atoms. The van der Waals surface area contributed by atoms with Gasteiger partial charge in [0.15, 0.2) is 0 Å². The van der Waals surface area contributed by atoms with E-state index in [0.717, 1.165) is 38.9 Å². The molecule has 0 aromatic heterocycles. The zero-order valence-electron chi connectivity index (χ0n) is 13.1. The Morgan fingerprint density at radius 3 is 2.42 bits per heavy atom. The summed E-state index contributed by atoms with van der Waals surface area (Å²) in [4.78, 5) is 14.2. The molecule has 1 saturated heterocycles. The molecule has 19 heavy (non-hydrogen) atoms. The smallest absolute Gasteiger partial charge is 0.234 e. The number of hydrogen-bond acceptors (Lipinski definition) is 3. The summed E-state index contributed by atoms with van der Waals surface area (Å²) in [7, 11) is 0. The van der Waals surface area contributed by atoms with E-state index in [-0.39, 0.29) is 11.4 Å². The fourth-order valence-corrected chi connectivity index (χ4v) is 2.35. The van der Waals surface area contributed by atoms with E-state index in [2.05, 4.69) is 43.2 Å². The summed E-state index contributed by atoms with van der Waals surface area (Å²) in [6.07, 6.45) is 4.46. The van der Waals surface area contributed by atoms with E-state index in [1.807, 2.05) is 0 Å². The topological polar surface area (TPSA) is 44.4 Å². The van der Waals surface area contributed by atoms with Crippen molar-refractivity contribution in [3.63, 3.8) is 0 Å². The first-order valence-electron chi connectivity index (χ1n) is 7.73. The second kappa shape index (κ2) is 7.85. The van der Waals surface area contributed by atoms with Gasteiger partial charge in [0, 0.05) is 24.7 Å². The van der Waals surface area contributed by atoms with E-state index in [4.69, 9.17) is 0 Å². The van der Waals surface area contributed by atoms with E-state index in [0.29, 0.717) is 12.6 Å². The van der Waals surface area contributed by atoms with Crippen LogP contribution in [0, 0.1) is 0 Å². The quantitative estimate of drug-likeness (QED) is 0.740. The first-order valence-corrected chi connectivity index (χ1v) is 7.73. The van der Waals surface area contributed by atoms with Gasteiger partial charge >= 0.3 is 0 Å². The van der Waals surface area contributed by atoms with Crippen LogP contribution in [0.25, 0.3) is 0 Å². The number of piperidine rings is 1. The SMILES string of the molecule is CCCNC1CCN(CC(=O)NC(C)(C)CC)CC1. The lowest BCUT2D eigenvalue weighted by Crippen LogP contribution is -2.50. The van der Waals surface area contributed by atoms with Crippen molar-refractivity contribution in [1.29, 1.82) is 0 Å². The van der Waals surface area contributed by atoms with Crippen LogP contribution in [0.1, 0.15) is 53.4 Å². The van der Waals surface area contributed by atoms with Crippen LogP contribution in [0.4, 0.5) is 0 Å². The maximum Gasteiger partial charge on any atom is 0.234 e. The van der Waals surface area contributed by atoms with Crippen LogP contribution in [0.5, 0.6) is 0 Å². The summed E-state index contributed by atoms with van der Waals surface area (Å²) in [5, 5.41) is 6.67. The monoisotopic (exact) mass is 269 g/mol. The number of hydrogen-bond donors (Lipinski definition) is 2. The van der Waals surface area contributed by atoms with Crippen LogP contribution in [-0.2, 0) is 4.79 Å². The fourth-order valence-electron chi connectivity index (χ4n) is 2.35. The Morgan fingerprint density at radius 1 is 1.26 bits per heavy atom. The number of likely N-dealkylation sites (tertiary alicyclic amines) is 1. The lowest BCUT2D eigenvalue weighted by atomic mass is 10.0. The van der Waals surface area contributed by atoms with Crippen LogP contribution >= 0.6 is 0 Å². The highest BCUT2D eigenvalue weighted by atomic mass is 16.2. The Bertz CT molecular complexity index is 271. The number of carbonyl (C=O) groups excluding carboxylic acids is 1. The minimum atomic E-state index is -0.0852. The number of nitrogens with zero attached hydrogens (tertiary/aromatic N) is 1. The highest BCUT2D eigenvalue weighted by Gasteiger charge is 2.23. The maximum atomic E-state index is 12.0. The van der Waals surface area contributed by atoms with Crippen molar-refractivity contribution in [3.8, 4) is 0 Å². The van der Waals surface area contributed by atoms with Crippen molar-refractivity contribution >= 4 is 5.91 Å². The van der Waals surface area contributed by atoms with E-state index in [9.17, 15) is 4.79 Å². The predicted molar refractivity (Wildman–Crippen MR) is 80.3 cm³/mol. The third-order valence-electron chi connectivity index (χ3n) is 4.00. The normalized spacial score (nSPS) is 18.5. The molecule has 0 aromatic rings. The Kier molecular flexibility index (Phi) is 6.80. The van der Waals surface area contributed by atoms with Crippen LogP contribution < -0.4 is 10.6 Å². The third kappa shape index (κ3) is 6.39. The summed E-state index contributed by atoms with van der Waals surface area (Å²) in [5.41, 5.74) is -0.0852. The fraction of sp³-hybridized carbons (Fsp3) is 0.933. The van der Waals surface area contributed by atoms with Gasteiger partial charge in [-0.3, -0.25) is 9.69 Å². The highest BCUT2D eigenvalue weighted by molar-refractivity contribution is 5.78. The van der Waals surface area contributed by atoms with E-state index >= 15 is 0 Å². The molecule has 2 N–H and O–H groups in total. The number of rotatable bonds is 7. The van der Waals surface area contributed by atoms with Crippen molar-refractivity contribution < 1.29 is 4.79 Å². The minimum absolute atomic E-state index is 0.0852. The average Bonchev–Trinajstić information content (AvgIpc) is 2.37.